The predicted molar refractivity (Wildman–Crippen MR) is 73.7 cm³/mol. The van der Waals surface area contributed by atoms with Crippen molar-refractivity contribution in [1.82, 2.24) is 10.2 Å². The van der Waals surface area contributed by atoms with Gasteiger partial charge < -0.3 is 9.15 Å². The average Bonchev–Trinajstić information content (AvgIpc) is 3.05. The van der Waals surface area contributed by atoms with Crippen molar-refractivity contribution in [2.75, 3.05) is 6.61 Å². The van der Waals surface area contributed by atoms with E-state index in [1.165, 1.54) is 12.1 Å². The maximum atomic E-state index is 13.7. The summed E-state index contributed by atoms with van der Waals surface area (Å²) in [6, 6.07) is 4.45. The summed E-state index contributed by atoms with van der Waals surface area (Å²) in [5, 5.41) is 7.94. The number of benzene rings is 1. The van der Waals surface area contributed by atoms with Gasteiger partial charge in [-0.1, -0.05) is 17.7 Å². The van der Waals surface area contributed by atoms with Crippen molar-refractivity contribution in [2.24, 2.45) is 0 Å². The Hall–Kier alpha value is -1.60. The van der Waals surface area contributed by atoms with Gasteiger partial charge in [-0.15, -0.1) is 10.2 Å². The first kappa shape index (κ1) is 14.3. The van der Waals surface area contributed by atoms with E-state index in [-0.39, 0.29) is 28.8 Å². The molecule has 0 saturated carbocycles. The fraction of sp³-hybridized carbons (Fsp3) is 0.308. The molecular weight excluding hydrogens is 319 g/mol. The van der Waals surface area contributed by atoms with Crippen LogP contribution in [-0.4, -0.2) is 28.0 Å². The van der Waals surface area contributed by atoms with E-state index in [0.29, 0.717) is 23.6 Å². The van der Waals surface area contributed by atoms with Crippen LogP contribution in [0.4, 0.5) is 4.39 Å². The third-order valence-corrected chi connectivity index (χ3v) is 4.40. The normalized spacial score (nSPS) is 18.0. The van der Waals surface area contributed by atoms with E-state index in [1.54, 1.807) is 6.07 Å². The quantitative estimate of drug-likeness (QED) is 0.804. The van der Waals surface area contributed by atoms with Crippen molar-refractivity contribution in [2.45, 2.75) is 23.3 Å². The highest BCUT2D eigenvalue weighted by atomic mass is 35.5. The highest BCUT2D eigenvalue weighted by molar-refractivity contribution is 8.00. The maximum absolute atomic E-state index is 13.7. The molecule has 0 amide bonds. The summed E-state index contributed by atoms with van der Waals surface area (Å²) in [5.41, 5.74) is 0.305. The minimum Gasteiger partial charge on any atom is -0.465 e. The monoisotopic (exact) mass is 328 g/mol. The van der Waals surface area contributed by atoms with Crippen LogP contribution in [0, 0.1) is 5.82 Å². The molecule has 1 aliphatic rings. The Morgan fingerprint density at radius 3 is 3.00 bits per heavy atom. The van der Waals surface area contributed by atoms with Crippen molar-refractivity contribution in [3.8, 4) is 0 Å². The number of hydrogen-bond acceptors (Lipinski definition) is 6. The average molecular weight is 329 g/mol. The van der Waals surface area contributed by atoms with Gasteiger partial charge in [-0.3, -0.25) is 4.79 Å². The molecule has 1 aliphatic heterocycles. The van der Waals surface area contributed by atoms with E-state index in [0.717, 1.165) is 11.8 Å². The molecule has 0 radical (unpaired) electrons. The summed E-state index contributed by atoms with van der Waals surface area (Å²) in [5.74, 6) is -0.456. The number of aromatic nitrogens is 2. The predicted octanol–water partition coefficient (Wildman–Crippen LogP) is 2.86. The number of esters is 1. The van der Waals surface area contributed by atoms with Crippen molar-refractivity contribution < 1.29 is 18.3 Å². The molecule has 3 rings (SSSR count). The fourth-order valence-corrected chi connectivity index (χ4v) is 3.00. The minimum absolute atomic E-state index is 0.105. The zero-order chi connectivity index (χ0) is 14.8. The van der Waals surface area contributed by atoms with Crippen molar-refractivity contribution in [1.29, 1.82) is 0 Å². The lowest BCUT2D eigenvalue weighted by atomic mass is 10.1. The molecule has 1 fully saturated rings. The zero-order valence-electron chi connectivity index (χ0n) is 10.7. The first-order valence-electron chi connectivity index (χ1n) is 6.22. The van der Waals surface area contributed by atoms with Crippen molar-refractivity contribution >= 4 is 29.3 Å². The van der Waals surface area contributed by atoms with Crippen LogP contribution in [0.1, 0.15) is 17.9 Å². The number of thioether (sulfide) groups is 1. The Kier molecular flexibility index (Phi) is 4.12. The van der Waals surface area contributed by atoms with Gasteiger partial charge in [0, 0.05) is 17.0 Å². The molecule has 1 saturated heterocycles. The summed E-state index contributed by atoms with van der Waals surface area (Å²) in [6.07, 6.45) is 0.717. The maximum Gasteiger partial charge on any atom is 0.319 e. The number of halogens is 2. The van der Waals surface area contributed by atoms with Gasteiger partial charge in [-0.2, -0.15) is 0 Å². The van der Waals surface area contributed by atoms with E-state index in [9.17, 15) is 9.18 Å². The van der Waals surface area contributed by atoms with Crippen LogP contribution in [0.2, 0.25) is 5.02 Å². The number of carbonyl (C=O) groups is 1. The van der Waals surface area contributed by atoms with Gasteiger partial charge in [0.1, 0.15) is 11.1 Å². The minimum atomic E-state index is -0.422. The number of hydrogen-bond donors (Lipinski definition) is 0. The number of rotatable bonds is 4. The Morgan fingerprint density at radius 1 is 1.43 bits per heavy atom. The Bertz CT molecular complexity index is 659. The third-order valence-electron chi connectivity index (χ3n) is 2.97. The molecule has 0 unspecified atom stereocenters. The summed E-state index contributed by atoms with van der Waals surface area (Å²) in [7, 11) is 0. The van der Waals surface area contributed by atoms with E-state index < -0.39 is 5.82 Å². The largest absolute Gasteiger partial charge is 0.465 e. The SMILES string of the molecule is O=C1OCC[C@@H]1Sc1nnc(Cc2c(F)cccc2Cl)o1. The molecule has 2 heterocycles. The molecule has 2 aromatic rings. The van der Waals surface area contributed by atoms with Crippen molar-refractivity contribution in [3.05, 3.63) is 40.5 Å². The number of ether oxygens (including phenoxy) is 1. The van der Waals surface area contributed by atoms with Gasteiger partial charge >= 0.3 is 5.97 Å². The molecule has 1 aromatic carbocycles. The van der Waals surface area contributed by atoms with Crippen LogP contribution in [0.3, 0.4) is 0 Å². The number of carbonyl (C=O) groups excluding carboxylic acids is 1. The summed E-state index contributed by atoms with van der Waals surface area (Å²) in [4.78, 5) is 11.4. The van der Waals surface area contributed by atoms with Gasteiger partial charge in [0.25, 0.3) is 5.22 Å². The van der Waals surface area contributed by atoms with Crippen molar-refractivity contribution in [3.63, 3.8) is 0 Å². The van der Waals surface area contributed by atoms with Gasteiger partial charge in [0.15, 0.2) is 0 Å². The Labute approximate surface area is 128 Å². The van der Waals surface area contributed by atoms with E-state index in [1.807, 2.05) is 0 Å². The second-order valence-corrected chi connectivity index (χ2v) is 5.96. The van der Waals surface area contributed by atoms with Crippen LogP contribution >= 0.6 is 23.4 Å². The first-order valence-corrected chi connectivity index (χ1v) is 7.48. The molecule has 110 valence electrons. The standard InChI is InChI=1S/C13H10ClFN2O3S/c14-8-2-1-3-9(15)7(8)6-11-16-17-13(20-11)21-10-4-5-19-12(10)18/h1-3,10H,4-6H2/t10-/m0/s1. The van der Waals surface area contributed by atoms with Gasteiger partial charge in [-0.05, 0) is 23.9 Å². The van der Waals surface area contributed by atoms with Crippen LogP contribution in [-0.2, 0) is 16.0 Å². The number of cyclic esters (lactones) is 1. The van der Waals surface area contributed by atoms with Crippen LogP contribution in [0.25, 0.3) is 0 Å². The summed E-state index contributed by atoms with van der Waals surface area (Å²) < 4.78 is 24.0. The van der Waals surface area contributed by atoms with Gasteiger partial charge in [0.05, 0.1) is 13.0 Å². The third kappa shape index (κ3) is 3.19. The van der Waals surface area contributed by atoms with E-state index >= 15 is 0 Å². The fourth-order valence-electron chi connectivity index (χ4n) is 1.92. The summed E-state index contributed by atoms with van der Waals surface area (Å²) in [6.45, 7) is 0.405. The molecule has 0 bridgehead atoms. The van der Waals surface area contributed by atoms with Gasteiger partial charge in [0.2, 0.25) is 5.89 Å². The molecule has 8 heteroatoms. The molecule has 21 heavy (non-hydrogen) atoms. The van der Waals surface area contributed by atoms with E-state index in [2.05, 4.69) is 10.2 Å². The summed E-state index contributed by atoms with van der Waals surface area (Å²) >= 11 is 7.10. The molecule has 0 spiro atoms. The molecular formula is C13H10ClFN2O3S. The molecule has 5 nitrogen and oxygen atoms in total. The second-order valence-electron chi connectivity index (χ2n) is 4.40. The Morgan fingerprint density at radius 2 is 2.29 bits per heavy atom. The molecule has 0 N–H and O–H groups in total. The second kappa shape index (κ2) is 6.03. The van der Waals surface area contributed by atoms with E-state index in [4.69, 9.17) is 20.8 Å². The highest BCUT2D eigenvalue weighted by Crippen LogP contribution is 2.29. The smallest absolute Gasteiger partial charge is 0.319 e. The van der Waals surface area contributed by atoms with Crippen LogP contribution < -0.4 is 0 Å². The van der Waals surface area contributed by atoms with Crippen LogP contribution in [0.15, 0.2) is 27.8 Å². The molecule has 0 aliphatic carbocycles. The molecule has 1 atom stereocenters. The number of nitrogens with zero attached hydrogens (tertiary/aromatic N) is 2. The first-order chi connectivity index (χ1) is 10.1. The Balaban J connectivity index is 1.72. The van der Waals surface area contributed by atoms with Gasteiger partial charge in [-0.25, -0.2) is 4.39 Å². The topological polar surface area (TPSA) is 65.2 Å². The lowest BCUT2D eigenvalue weighted by Gasteiger charge is -2.02. The zero-order valence-corrected chi connectivity index (χ0v) is 12.3. The lowest BCUT2D eigenvalue weighted by Crippen LogP contribution is -2.09. The highest BCUT2D eigenvalue weighted by Gasteiger charge is 2.29. The lowest BCUT2D eigenvalue weighted by molar-refractivity contribution is -0.137. The van der Waals surface area contributed by atoms with Crippen LogP contribution in [0.5, 0.6) is 0 Å². The molecule has 1 aromatic heterocycles.